The zero-order valence-corrected chi connectivity index (χ0v) is 17.0. The van der Waals surface area contributed by atoms with Crippen LogP contribution < -0.4 is 4.74 Å². The Morgan fingerprint density at radius 2 is 2.00 bits per heavy atom. The smallest absolute Gasteiger partial charge is 0.230 e. The minimum atomic E-state index is -0.0425. The number of nitrogens with zero attached hydrogens (tertiary/aromatic N) is 4. The van der Waals surface area contributed by atoms with Crippen LogP contribution in [0.5, 0.6) is 11.6 Å². The van der Waals surface area contributed by atoms with Gasteiger partial charge in [0.2, 0.25) is 10.8 Å². The Morgan fingerprint density at radius 1 is 1.26 bits per heavy atom. The Balaban J connectivity index is 1.83. The van der Waals surface area contributed by atoms with E-state index in [1.165, 1.54) is 17.8 Å². The van der Waals surface area contributed by atoms with E-state index in [2.05, 4.69) is 41.0 Å². The summed E-state index contributed by atoms with van der Waals surface area (Å²) in [4.78, 5) is 8.54. The van der Waals surface area contributed by atoms with Crippen LogP contribution in [-0.2, 0) is 0 Å². The highest BCUT2D eigenvalue weighted by Gasteiger charge is 2.33. The first-order valence-electron chi connectivity index (χ1n) is 9.39. The Kier molecular flexibility index (Phi) is 4.82. The molecule has 4 rings (SSSR count). The summed E-state index contributed by atoms with van der Waals surface area (Å²) >= 11 is 1.51. The van der Waals surface area contributed by atoms with Gasteiger partial charge in [0.1, 0.15) is 11.6 Å². The van der Waals surface area contributed by atoms with E-state index in [0.717, 1.165) is 34.2 Å². The Labute approximate surface area is 163 Å². The maximum atomic E-state index is 10.9. The lowest BCUT2D eigenvalue weighted by Gasteiger charge is -2.40. The summed E-state index contributed by atoms with van der Waals surface area (Å²) in [6, 6.07) is 8.09. The number of likely N-dealkylation sites (tertiary alicyclic amines) is 1. The highest BCUT2D eigenvalue weighted by atomic mass is 32.1. The SMILES string of the molecule is COc1cccc([C@H](c2sc3nc(C)nn3c2O)N2C[C@H](C)C[C@@H](C)C2)c1. The lowest BCUT2D eigenvalue weighted by molar-refractivity contribution is 0.111. The van der Waals surface area contributed by atoms with Gasteiger partial charge in [-0.2, -0.15) is 4.52 Å². The molecule has 0 amide bonds. The number of hydrogen-bond donors (Lipinski definition) is 1. The first kappa shape index (κ1) is 18.3. The topological polar surface area (TPSA) is 62.9 Å². The fourth-order valence-electron chi connectivity index (χ4n) is 4.29. The molecule has 7 heteroatoms. The van der Waals surface area contributed by atoms with Crippen molar-refractivity contribution >= 4 is 16.3 Å². The Hall–Kier alpha value is -2.12. The zero-order chi connectivity index (χ0) is 19.1. The van der Waals surface area contributed by atoms with Gasteiger partial charge in [0.25, 0.3) is 0 Å². The number of rotatable bonds is 4. The molecule has 0 bridgehead atoms. The van der Waals surface area contributed by atoms with Gasteiger partial charge in [0.05, 0.1) is 18.0 Å². The van der Waals surface area contributed by atoms with Crippen molar-refractivity contribution in [2.45, 2.75) is 33.2 Å². The summed E-state index contributed by atoms with van der Waals surface area (Å²) in [5, 5.41) is 15.3. The van der Waals surface area contributed by atoms with Crippen molar-refractivity contribution in [3.63, 3.8) is 0 Å². The number of aromatic nitrogens is 3. The van der Waals surface area contributed by atoms with Crippen LogP contribution in [0, 0.1) is 18.8 Å². The highest BCUT2D eigenvalue weighted by molar-refractivity contribution is 7.17. The van der Waals surface area contributed by atoms with Gasteiger partial charge < -0.3 is 9.84 Å². The van der Waals surface area contributed by atoms with Gasteiger partial charge in [-0.1, -0.05) is 37.3 Å². The number of aryl methyl sites for hydroxylation is 1. The summed E-state index contributed by atoms with van der Waals surface area (Å²) in [7, 11) is 1.68. The van der Waals surface area contributed by atoms with Gasteiger partial charge in [-0.15, -0.1) is 5.10 Å². The van der Waals surface area contributed by atoms with Crippen molar-refractivity contribution in [3.8, 4) is 11.6 Å². The third-order valence-corrected chi connectivity index (χ3v) is 6.30. The molecule has 3 aromatic rings. The maximum absolute atomic E-state index is 10.9. The summed E-state index contributed by atoms with van der Waals surface area (Å²) in [6.45, 7) is 8.44. The fourth-order valence-corrected chi connectivity index (χ4v) is 5.45. The molecule has 1 saturated heterocycles. The Morgan fingerprint density at radius 3 is 2.67 bits per heavy atom. The molecule has 0 aliphatic carbocycles. The van der Waals surface area contributed by atoms with Crippen molar-refractivity contribution in [3.05, 3.63) is 40.5 Å². The third-order valence-electron chi connectivity index (χ3n) is 5.23. The average molecular weight is 387 g/mol. The number of piperidine rings is 1. The predicted octanol–water partition coefficient (Wildman–Crippen LogP) is 3.88. The van der Waals surface area contributed by atoms with Crippen molar-refractivity contribution in [1.29, 1.82) is 0 Å². The van der Waals surface area contributed by atoms with Crippen LogP contribution in [0.25, 0.3) is 4.96 Å². The highest BCUT2D eigenvalue weighted by Crippen LogP contribution is 2.42. The predicted molar refractivity (Wildman–Crippen MR) is 107 cm³/mol. The largest absolute Gasteiger partial charge is 0.497 e. The summed E-state index contributed by atoms with van der Waals surface area (Å²) in [6.07, 6.45) is 1.24. The number of benzene rings is 1. The molecule has 2 aromatic heterocycles. The van der Waals surface area contributed by atoms with E-state index in [9.17, 15) is 5.11 Å². The molecule has 1 N–H and O–H groups in total. The molecular weight excluding hydrogens is 360 g/mol. The average Bonchev–Trinajstić information content (AvgIpc) is 3.12. The van der Waals surface area contributed by atoms with E-state index in [4.69, 9.17) is 4.74 Å². The molecule has 1 fully saturated rings. The molecule has 3 atom stereocenters. The van der Waals surface area contributed by atoms with E-state index in [1.807, 2.05) is 19.1 Å². The van der Waals surface area contributed by atoms with E-state index >= 15 is 0 Å². The molecule has 6 nitrogen and oxygen atoms in total. The fraction of sp³-hybridized carbons (Fsp3) is 0.500. The second-order valence-electron chi connectivity index (χ2n) is 7.72. The normalized spacial score (nSPS) is 22.2. The van der Waals surface area contributed by atoms with Crippen molar-refractivity contribution in [2.24, 2.45) is 11.8 Å². The van der Waals surface area contributed by atoms with Crippen LogP contribution in [0.3, 0.4) is 0 Å². The first-order chi connectivity index (χ1) is 13.0. The molecular formula is C20H26N4O2S. The molecule has 1 aliphatic rings. The van der Waals surface area contributed by atoms with Crippen LogP contribution >= 0.6 is 11.3 Å². The number of aromatic hydroxyl groups is 1. The number of thiazole rings is 1. The van der Waals surface area contributed by atoms with Gasteiger partial charge in [0, 0.05) is 13.1 Å². The Bertz CT molecular complexity index is 941. The lowest BCUT2D eigenvalue weighted by Crippen LogP contribution is -2.41. The van der Waals surface area contributed by atoms with Gasteiger partial charge >= 0.3 is 0 Å². The maximum Gasteiger partial charge on any atom is 0.230 e. The molecule has 0 radical (unpaired) electrons. The first-order valence-corrected chi connectivity index (χ1v) is 10.2. The standard InChI is InChI=1S/C20H26N4O2S/c1-12-8-13(2)11-23(10-12)17(15-6-5-7-16(9-15)26-4)18-19(25)24-20(27-18)21-14(3)22-24/h5-7,9,12-13,17,25H,8,10-11H2,1-4H3/t12-,13-,17-/m1/s1. The van der Waals surface area contributed by atoms with E-state index in [-0.39, 0.29) is 11.9 Å². The van der Waals surface area contributed by atoms with Gasteiger partial charge in [-0.05, 0) is 42.9 Å². The minimum Gasteiger partial charge on any atom is -0.497 e. The second-order valence-corrected chi connectivity index (χ2v) is 8.73. The quantitative estimate of drug-likeness (QED) is 0.737. The van der Waals surface area contributed by atoms with Crippen molar-refractivity contribution < 1.29 is 9.84 Å². The van der Waals surface area contributed by atoms with Crippen LogP contribution in [0.4, 0.5) is 0 Å². The van der Waals surface area contributed by atoms with Gasteiger partial charge in [-0.25, -0.2) is 4.98 Å². The molecule has 1 aliphatic heterocycles. The van der Waals surface area contributed by atoms with E-state index < -0.39 is 0 Å². The zero-order valence-electron chi connectivity index (χ0n) is 16.2. The number of methoxy groups -OCH3 is 1. The van der Waals surface area contributed by atoms with Crippen LogP contribution in [0.15, 0.2) is 24.3 Å². The molecule has 27 heavy (non-hydrogen) atoms. The lowest BCUT2D eigenvalue weighted by atomic mass is 9.89. The van der Waals surface area contributed by atoms with Crippen LogP contribution in [0.1, 0.15) is 42.6 Å². The van der Waals surface area contributed by atoms with Crippen LogP contribution in [0.2, 0.25) is 0 Å². The molecule has 3 heterocycles. The molecule has 144 valence electrons. The van der Waals surface area contributed by atoms with Crippen molar-refractivity contribution in [2.75, 3.05) is 20.2 Å². The van der Waals surface area contributed by atoms with Crippen molar-refractivity contribution in [1.82, 2.24) is 19.5 Å². The summed E-state index contributed by atoms with van der Waals surface area (Å²) < 4.78 is 7.01. The molecule has 1 aromatic carbocycles. The third kappa shape index (κ3) is 3.41. The van der Waals surface area contributed by atoms with E-state index in [0.29, 0.717) is 17.7 Å². The summed E-state index contributed by atoms with van der Waals surface area (Å²) in [5.41, 5.74) is 1.12. The molecule has 0 spiro atoms. The van der Waals surface area contributed by atoms with E-state index in [1.54, 1.807) is 11.6 Å². The molecule has 0 unspecified atom stereocenters. The second kappa shape index (κ2) is 7.13. The van der Waals surface area contributed by atoms with Crippen LogP contribution in [-0.4, -0.2) is 44.8 Å². The molecule has 0 saturated carbocycles. The monoisotopic (exact) mass is 386 g/mol. The minimum absolute atomic E-state index is 0.0425. The number of ether oxygens (including phenoxy) is 1. The number of hydrogen-bond acceptors (Lipinski definition) is 6. The number of fused-ring (bicyclic) bond motifs is 1. The summed E-state index contributed by atoms with van der Waals surface area (Å²) in [5.74, 6) is 2.92. The van der Waals surface area contributed by atoms with Gasteiger partial charge in [-0.3, -0.25) is 4.90 Å². The van der Waals surface area contributed by atoms with Gasteiger partial charge in [0.15, 0.2) is 0 Å².